The third-order valence-electron chi connectivity index (χ3n) is 6.06. The van der Waals surface area contributed by atoms with E-state index in [1.54, 1.807) is 12.3 Å². The van der Waals surface area contributed by atoms with Gasteiger partial charge in [-0.2, -0.15) is 0 Å². The van der Waals surface area contributed by atoms with Crippen molar-refractivity contribution < 1.29 is 9.21 Å². The summed E-state index contributed by atoms with van der Waals surface area (Å²) in [5.74, 6) is 2.95. The van der Waals surface area contributed by atoms with Gasteiger partial charge in [0, 0.05) is 37.1 Å². The van der Waals surface area contributed by atoms with E-state index in [0.29, 0.717) is 35.7 Å². The summed E-state index contributed by atoms with van der Waals surface area (Å²) in [6, 6.07) is 15.5. The molecular weight excluding hydrogens is 414 g/mol. The zero-order valence-electron chi connectivity index (χ0n) is 18.8. The van der Waals surface area contributed by atoms with Crippen LogP contribution in [-0.2, 0) is 19.4 Å². The van der Waals surface area contributed by atoms with Gasteiger partial charge >= 0.3 is 0 Å². The fourth-order valence-corrected chi connectivity index (χ4v) is 4.23. The van der Waals surface area contributed by atoms with Gasteiger partial charge in [0.15, 0.2) is 5.76 Å². The molecule has 0 bridgehead atoms. The van der Waals surface area contributed by atoms with E-state index in [1.165, 1.54) is 12.0 Å². The van der Waals surface area contributed by atoms with Crippen LogP contribution in [0.1, 0.15) is 46.8 Å². The summed E-state index contributed by atoms with van der Waals surface area (Å²) in [5, 5.41) is 11.7. The van der Waals surface area contributed by atoms with Crippen molar-refractivity contribution in [3.63, 3.8) is 0 Å². The minimum atomic E-state index is -0.156. The Labute approximate surface area is 192 Å². The van der Waals surface area contributed by atoms with Crippen LogP contribution in [-0.4, -0.2) is 32.2 Å². The number of nitrogens with one attached hydrogen (secondary N) is 1. The van der Waals surface area contributed by atoms with E-state index in [1.807, 2.05) is 49.4 Å². The molecule has 0 spiro atoms. The zero-order valence-corrected chi connectivity index (χ0v) is 18.8. The molecule has 7 heteroatoms. The third kappa shape index (κ3) is 4.58. The van der Waals surface area contributed by atoms with E-state index in [4.69, 9.17) is 4.42 Å². The maximum atomic E-state index is 13.0. The number of carbonyl (C=O) groups is 1. The van der Waals surface area contributed by atoms with Gasteiger partial charge < -0.3 is 14.3 Å². The zero-order chi connectivity index (χ0) is 22.6. The number of carbonyl (C=O) groups excluding carboxylic acids is 1. The molecule has 0 saturated carbocycles. The smallest absolute Gasteiger partial charge is 0.252 e. The third-order valence-corrected chi connectivity index (χ3v) is 6.06. The molecular formula is C26H27N5O2. The molecule has 4 aromatic rings. The molecule has 1 aliphatic heterocycles. The summed E-state index contributed by atoms with van der Waals surface area (Å²) in [6.45, 7) is 3.50. The van der Waals surface area contributed by atoms with Crippen molar-refractivity contribution in [1.82, 2.24) is 25.1 Å². The number of fused-ring (bicyclic) bond motifs is 1. The molecule has 1 aliphatic rings. The molecule has 33 heavy (non-hydrogen) atoms. The summed E-state index contributed by atoms with van der Waals surface area (Å²) in [6.07, 6.45) is 6.87. The van der Waals surface area contributed by atoms with Gasteiger partial charge in [-0.15, -0.1) is 10.2 Å². The van der Waals surface area contributed by atoms with Gasteiger partial charge in [-0.05, 0) is 31.9 Å². The first-order valence-electron chi connectivity index (χ1n) is 11.5. The maximum absolute atomic E-state index is 13.0. The number of amides is 1. The molecule has 7 nitrogen and oxygen atoms in total. The van der Waals surface area contributed by atoms with Crippen molar-refractivity contribution in [2.75, 3.05) is 6.54 Å². The Kier molecular flexibility index (Phi) is 6.02. The fourth-order valence-electron chi connectivity index (χ4n) is 4.23. The van der Waals surface area contributed by atoms with Crippen molar-refractivity contribution in [3.8, 4) is 22.8 Å². The standard InChI is InChI=1S/C26H27N5O2/c1-18-10-12-19(13-11-18)22-17-28-26(33-22)21-8-5-4-7-20(21)25(32)27-15-14-24-30-29-23-9-3-2-6-16-31(23)24/h4-5,7-8,10-13,17H,2-3,6,9,14-16H2,1H3,(H,27,32). The van der Waals surface area contributed by atoms with Gasteiger partial charge in [-0.25, -0.2) is 4.98 Å². The van der Waals surface area contributed by atoms with Crippen molar-refractivity contribution in [2.45, 2.75) is 45.6 Å². The Morgan fingerprint density at radius 2 is 1.91 bits per heavy atom. The Morgan fingerprint density at radius 3 is 2.79 bits per heavy atom. The molecule has 0 fully saturated rings. The second-order valence-electron chi connectivity index (χ2n) is 8.44. The SMILES string of the molecule is Cc1ccc(-c2cnc(-c3ccccc3C(=O)NCCc3nnc4n3CCCCC4)o2)cc1. The van der Waals surface area contributed by atoms with Crippen LogP contribution in [0.4, 0.5) is 0 Å². The average molecular weight is 442 g/mol. The van der Waals surface area contributed by atoms with Crippen LogP contribution in [0.2, 0.25) is 0 Å². The Bertz CT molecular complexity index is 1260. The van der Waals surface area contributed by atoms with Gasteiger partial charge in [-0.3, -0.25) is 4.79 Å². The topological polar surface area (TPSA) is 85.8 Å². The van der Waals surface area contributed by atoms with E-state index in [2.05, 4.69) is 25.1 Å². The van der Waals surface area contributed by atoms with Crippen LogP contribution in [0.25, 0.3) is 22.8 Å². The van der Waals surface area contributed by atoms with E-state index in [-0.39, 0.29) is 5.91 Å². The van der Waals surface area contributed by atoms with E-state index < -0.39 is 0 Å². The van der Waals surface area contributed by atoms with Crippen molar-refractivity contribution >= 4 is 5.91 Å². The van der Waals surface area contributed by atoms with Crippen LogP contribution in [0.15, 0.2) is 59.1 Å². The first-order chi connectivity index (χ1) is 16.2. The lowest BCUT2D eigenvalue weighted by Crippen LogP contribution is -2.27. The van der Waals surface area contributed by atoms with Crippen LogP contribution < -0.4 is 5.32 Å². The number of hydrogen-bond donors (Lipinski definition) is 1. The van der Waals surface area contributed by atoms with Crippen LogP contribution in [0.5, 0.6) is 0 Å². The van der Waals surface area contributed by atoms with Gasteiger partial charge in [0.2, 0.25) is 5.89 Å². The van der Waals surface area contributed by atoms with Gasteiger partial charge in [-0.1, -0.05) is 48.4 Å². The summed E-state index contributed by atoms with van der Waals surface area (Å²) in [7, 11) is 0. The lowest BCUT2D eigenvalue weighted by Gasteiger charge is -2.09. The number of rotatable bonds is 6. The molecule has 3 heterocycles. The van der Waals surface area contributed by atoms with Gasteiger partial charge in [0.05, 0.1) is 11.8 Å². The molecule has 0 aliphatic carbocycles. The number of aryl methyl sites for hydroxylation is 2. The number of nitrogens with zero attached hydrogens (tertiary/aromatic N) is 4. The second-order valence-corrected chi connectivity index (χ2v) is 8.44. The molecule has 2 aromatic carbocycles. The minimum absolute atomic E-state index is 0.156. The van der Waals surface area contributed by atoms with E-state index >= 15 is 0 Å². The molecule has 0 saturated heterocycles. The normalized spacial score (nSPS) is 13.4. The average Bonchev–Trinajstić information content (AvgIpc) is 3.41. The van der Waals surface area contributed by atoms with E-state index in [9.17, 15) is 4.79 Å². The monoisotopic (exact) mass is 441 g/mol. The number of aromatic nitrogens is 4. The number of benzene rings is 2. The molecule has 0 radical (unpaired) electrons. The summed E-state index contributed by atoms with van der Waals surface area (Å²) in [4.78, 5) is 17.4. The minimum Gasteiger partial charge on any atom is -0.436 e. The molecule has 168 valence electrons. The first-order valence-corrected chi connectivity index (χ1v) is 11.5. The molecule has 0 unspecified atom stereocenters. The predicted molar refractivity (Wildman–Crippen MR) is 126 cm³/mol. The highest BCUT2D eigenvalue weighted by Gasteiger charge is 2.18. The molecule has 1 N–H and O–H groups in total. The van der Waals surface area contributed by atoms with Gasteiger partial charge in [0.25, 0.3) is 5.91 Å². The molecule has 5 rings (SSSR count). The summed E-state index contributed by atoms with van der Waals surface area (Å²) >= 11 is 0. The Hall–Kier alpha value is -3.74. The highest BCUT2D eigenvalue weighted by molar-refractivity contribution is 6.00. The second kappa shape index (κ2) is 9.40. The van der Waals surface area contributed by atoms with Crippen molar-refractivity contribution in [2.24, 2.45) is 0 Å². The number of oxazole rings is 1. The quantitative estimate of drug-likeness (QED) is 0.472. The maximum Gasteiger partial charge on any atom is 0.252 e. The number of hydrogen-bond acceptors (Lipinski definition) is 5. The largest absolute Gasteiger partial charge is 0.436 e. The van der Waals surface area contributed by atoms with Crippen LogP contribution in [0.3, 0.4) is 0 Å². The van der Waals surface area contributed by atoms with Crippen LogP contribution >= 0.6 is 0 Å². The lowest BCUT2D eigenvalue weighted by molar-refractivity contribution is 0.0954. The highest BCUT2D eigenvalue weighted by atomic mass is 16.4. The molecule has 2 aromatic heterocycles. The van der Waals surface area contributed by atoms with Crippen molar-refractivity contribution in [3.05, 3.63) is 77.5 Å². The summed E-state index contributed by atoms with van der Waals surface area (Å²) in [5.41, 5.74) is 3.34. The van der Waals surface area contributed by atoms with Crippen molar-refractivity contribution in [1.29, 1.82) is 0 Å². The Morgan fingerprint density at radius 1 is 1.06 bits per heavy atom. The first kappa shape index (κ1) is 21.1. The van der Waals surface area contributed by atoms with Gasteiger partial charge in [0.1, 0.15) is 11.6 Å². The highest BCUT2D eigenvalue weighted by Crippen LogP contribution is 2.28. The molecule has 1 amide bonds. The summed E-state index contributed by atoms with van der Waals surface area (Å²) < 4.78 is 8.23. The van der Waals surface area contributed by atoms with E-state index in [0.717, 1.165) is 43.0 Å². The molecule has 0 atom stereocenters. The predicted octanol–water partition coefficient (Wildman–Crippen LogP) is 4.61. The Balaban J connectivity index is 1.29. The fraction of sp³-hybridized carbons (Fsp3) is 0.308. The van der Waals surface area contributed by atoms with Crippen LogP contribution in [0, 0.1) is 6.92 Å². The lowest BCUT2D eigenvalue weighted by atomic mass is 10.1.